The first kappa shape index (κ1) is 24.9. The lowest BCUT2D eigenvalue weighted by Crippen LogP contribution is -2.29. The number of hydrogen-bond donors (Lipinski definition) is 1. The predicted octanol–water partition coefficient (Wildman–Crippen LogP) is 8.39. The van der Waals surface area contributed by atoms with Gasteiger partial charge >= 0.3 is 0 Å². The monoisotopic (exact) mass is 588 g/mol. The van der Waals surface area contributed by atoms with E-state index in [2.05, 4.69) is 33.4 Å². The van der Waals surface area contributed by atoms with Gasteiger partial charge in [-0.15, -0.1) is 0 Å². The Labute approximate surface area is 227 Å². The summed E-state index contributed by atoms with van der Waals surface area (Å²) >= 11 is 16.0. The minimum Gasteiger partial charge on any atom is -0.493 e. The van der Waals surface area contributed by atoms with Crippen LogP contribution in [0.25, 0.3) is 0 Å². The number of anilines is 1. The summed E-state index contributed by atoms with van der Waals surface area (Å²) in [6.07, 6.45) is 5.20. The van der Waals surface area contributed by atoms with E-state index >= 15 is 0 Å². The average Bonchev–Trinajstić information content (AvgIpc) is 3.33. The van der Waals surface area contributed by atoms with Gasteiger partial charge in [0.25, 0.3) is 5.69 Å². The Hall–Kier alpha value is -2.74. The average molecular weight is 590 g/mol. The molecule has 186 valence electrons. The molecule has 2 aliphatic rings. The summed E-state index contributed by atoms with van der Waals surface area (Å²) in [4.78, 5) is 11.1. The van der Waals surface area contributed by atoms with Gasteiger partial charge in [0.1, 0.15) is 6.61 Å². The van der Waals surface area contributed by atoms with Crippen LogP contribution in [-0.2, 0) is 6.61 Å². The van der Waals surface area contributed by atoms with Crippen LogP contribution in [0.2, 0.25) is 10.0 Å². The van der Waals surface area contributed by atoms with Crippen molar-refractivity contribution in [1.29, 1.82) is 0 Å². The van der Waals surface area contributed by atoms with Crippen LogP contribution in [-0.4, -0.2) is 12.0 Å². The van der Waals surface area contributed by atoms with Crippen LogP contribution >= 0.6 is 39.1 Å². The van der Waals surface area contributed by atoms with Crippen molar-refractivity contribution in [1.82, 2.24) is 0 Å². The minimum absolute atomic E-state index is 0.0115. The molecule has 0 fully saturated rings. The van der Waals surface area contributed by atoms with E-state index in [0.717, 1.165) is 38.8 Å². The number of ether oxygens (including phenoxy) is 2. The van der Waals surface area contributed by atoms with Crippen molar-refractivity contribution < 1.29 is 14.4 Å². The largest absolute Gasteiger partial charge is 0.493 e. The predicted molar refractivity (Wildman–Crippen MR) is 146 cm³/mol. The third-order valence-corrected chi connectivity index (χ3v) is 8.04. The molecule has 1 aliphatic carbocycles. The number of benzene rings is 3. The molecule has 1 heterocycles. The number of nitrogens with zero attached hydrogens (tertiary/aromatic N) is 1. The third kappa shape index (κ3) is 4.56. The molecule has 5 rings (SSSR count). The molecule has 0 aromatic heterocycles. The molecule has 0 amide bonds. The second kappa shape index (κ2) is 9.96. The third-order valence-electron chi connectivity index (χ3n) is 6.86. The molecule has 1 N–H and O–H groups in total. The van der Waals surface area contributed by atoms with Gasteiger partial charge < -0.3 is 14.8 Å². The Balaban J connectivity index is 1.48. The summed E-state index contributed by atoms with van der Waals surface area (Å²) in [5.74, 6) is 1.49. The fraction of sp³-hybridized carbons (Fsp3) is 0.259. The van der Waals surface area contributed by atoms with Gasteiger partial charge in [0, 0.05) is 39.3 Å². The lowest BCUT2D eigenvalue weighted by atomic mass is 9.76. The number of rotatable bonds is 6. The lowest BCUT2D eigenvalue weighted by Gasteiger charge is -2.38. The Morgan fingerprint density at radius 1 is 1.19 bits per heavy atom. The van der Waals surface area contributed by atoms with Crippen molar-refractivity contribution in [3.05, 3.63) is 102 Å². The lowest BCUT2D eigenvalue weighted by molar-refractivity contribution is -0.385. The fourth-order valence-electron chi connectivity index (χ4n) is 5.15. The molecule has 0 saturated heterocycles. The molecule has 0 bridgehead atoms. The van der Waals surface area contributed by atoms with Gasteiger partial charge in [-0.05, 0) is 76.1 Å². The van der Waals surface area contributed by atoms with Crippen molar-refractivity contribution in [2.45, 2.75) is 31.9 Å². The Bertz CT molecular complexity index is 1390. The number of methoxy groups -OCH3 is 1. The molecular weight excluding hydrogens is 567 g/mol. The van der Waals surface area contributed by atoms with E-state index in [1.807, 2.05) is 25.1 Å². The smallest absolute Gasteiger partial charge is 0.270 e. The molecular formula is C27H23BrCl2N2O4. The second-order valence-corrected chi connectivity index (χ2v) is 10.7. The molecule has 9 heteroatoms. The van der Waals surface area contributed by atoms with Crippen LogP contribution in [0, 0.1) is 23.0 Å². The van der Waals surface area contributed by atoms with Gasteiger partial charge in [-0.1, -0.05) is 41.4 Å². The Morgan fingerprint density at radius 2 is 2.00 bits per heavy atom. The van der Waals surface area contributed by atoms with E-state index in [-0.39, 0.29) is 35.1 Å². The Kier molecular flexibility index (Phi) is 6.90. The van der Waals surface area contributed by atoms with Gasteiger partial charge in [-0.25, -0.2) is 0 Å². The van der Waals surface area contributed by atoms with Crippen LogP contribution in [0.1, 0.15) is 40.6 Å². The molecule has 0 saturated carbocycles. The molecule has 1 aliphatic heterocycles. The number of hydrogen-bond acceptors (Lipinski definition) is 5. The van der Waals surface area contributed by atoms with Crippen LogP contribution in [0.5, 0.6) is 11.5 Å². The quantitative estimate of drug-likeness (QED) is 0.177. The molecule has 0 spiro atoms. The van der Waals surface area contributed by atoms with Crippen molar-refractivity contribution in [2.75, 3.05) is 12.4 Å². The second-order valence-electron chi connectivity index (χ2n) is 9.02. The van der Waals surface area contributed by atoms with Crippen molar-refractivity contribution in [3.8, 4) is 11.5 Å². The first-order valence-electron chi connectivity index (χ1n) is 11.4. The van der Waals surface area contributed by atoms with Gasteiger partial charge in [0.2, 0.25) is 0 Å². The maximum Gasteiger partial charge on any atom is 0.270 e. The highest BCUT2D eigenvalue weighted by Crippen LogP contribution is 2.52. The number of nitro benzene ring substituents is 1. The highest BCUT2D eigenvalue weighted by atomic mass is 79.9. The van der Waals surface area contributed by atoms with Gasteiger partial charge in [0.05, 0.1) is 22.5 Å². The first-order chi connectivity index (χ1) is 17.3. The summed E-state index contributed by atoms with van der Waals surface area (Å²) in [6, 6.07) is 12.6. The number of nitro groups is 1. The fourth-order valence-corrected chi connectivity index (χ4v) is 6.19. The maximum absolute atomic E-state index is 11.5. The van der Waals surface area contributed by atoms with E-state index in [9.17, 15) is 10.1 Å². The van der Waals surface area contributed by atoms with Crippen LogP contribution in [0.15, 0.2) is 59.1 Å². The normalized spacial score (nSPS) is 19.9. The molecule has 0 unspecified atom stereocenters. The van der Waals surface area contributed by atoms with Crippen molar-refractivity contribution in [3.63, 3.8) is 0 Å². The van der Waals surface area contributed by atoms with E-state index in [1.165, 1.54) is 0 Å². The standard InChI is InChI=1S/C27H23BrCl2N2O4/c1-14-8-18(32(33)34)12-21-19-4-3-5-20(19)26(31-25(14)21)16-9-22(28)27(24(10-16)35-2)36-13-15-6-7-17(29)11-23(15)30/h3-4,6-12,19-20,26,31H,5,13H2,1-2H3/t19-,20-,26+/m1/s1. The number of nitrogens with one attached hydrogen (secondary N) is 1. The molecule has 36 heavy (non-hydrogen) atoms. The van der Waals surface area contributed by atoms with Gasteiger partial charge in [0.15, 0.2) is 11.5 Å². The number of fused-ring (bicyclic) bond motifs is 3. The summed E-state index contributed by atoms with van der Waals surface area (Å²) in [5.41, 5.74) is 4.76. The minimum atomic E-state index is -0.328. The van der Waals surface area contributed by atoms with Crippen LogP contribution in [0.4, 0.5) is 11.4 Å². The van der Waals surface area contributed by atoms with Crippen molar-refractivity contribution in [2.24, 2.45) is 5.92 Å². The SMILES string of the molecule is COc1cc([C@@H]2Nc3c(C)cc([N+](=O)[O-])cc3[C@@H]3C=CC[C@H]32)cc(Br)c1OCc1ccc(Cl)cc1Cl. The number of non-ortho nitro benzene ring substituents is 1. The van der Waals surface area contributed by atoms with Gasteiger partial charge in [-0.2, -0.15) is 0 Å². The number of halogens is 3. The summed E-state index contributed by atoms with van der Waals surface area (Å²) in [6.45, 7) is 2.16. The molecule has 3 aromatic carbocycles. The molecule has 3 aromatic rings. The highest BCUT2D eigenvalue weighted by Gasteiger charge is 2.40. The van der Waals surface area contributed by atoms with E-state index in [4.69, 9.17) is 32.7 Å². The van der Waals surface area contributed by atoms with Gasteiger partial charge in [-0.3, -0.25) is 10.1 Å². The molecule has 0 radical (unpaired) electrons. The zero-order chi connectivity index (χ0) is 25.6. The molecule has 6 nitrogen and oxygen atoms in total. The number of aryl methyl sites for hydroxylation is 1. The van der Waals surface area contributed by atoms with Crippen molar-refractivity contribution >= 4 is 50.5 Å². The topological polar surface area (TPSA) is 73.6 Å². The maximum atomic E-state index is 11.5. The van der Waals surface area contributed by atoms with E-state index in [0.29, 0.717) is 21.5 Å². The van der Waals surface area contributed by atoms with E-state index < -0.39 is 0 Å². The summed E-state index contributed by atoms with van der Waals surface area (Å²) in [7, 11) is 1.61. The Morgan fingerprint density at radius 3 is 2.72 bits per heavy atom. The first-order valence-corrected chi connectivity index (χ1v) is 13.0. The number of allylic oxidation sites excluding steroid dienone is 2. The zero-order valence-electron chi connectivity index (χ0n) is 19.6. The summed E-state index contributed by atoms with van der Waals surface area (Å²) < 4.78 is 12.6. The zero-order valence-corrected chi connectivity index (χ0v) is 22.7. The van der Waals surface area contributed by atoms with E-state index in [1.54, 1.807) is 31.4 Å². The highest BCUT2D eigenvalue weighted by molar-refractivity contribution is 9.10. The molecule has 3 atom stereocenters. The summed E-state index contributed by atoms with van der Waals surface area (Å²) in [5, 5.41) is 16.2. The van der Waals surface area contributed by atoms with Crippen LogP contribution < -0.4 is 14.8 Å². The van der Waals surface area contributed by atoms with Crippen LogP contribution in [0.3, 0.4) is 0 Å².